The Morgan fingerprint density at radius 2 is 1.76 bits per heavy atom. The Balaban J connectivity index is 1.27. The smallest absolute Gasteiger partial charge is 0.256 e. The summed E-state index contributed by atoms with van der Waals surface area (Å²) < 4.78 is 7.14. The third-order valence-corrected chi connectivity index (χ3v) is 6.76. The molecule has 0 bridgehead atoms. The average molecular weight is 508 g/mol. The van der Waals surface area contributed by atoms with Crippen LogP contribution in [0.15, 0.2) is 78.9 Å². The van der Waals surface area contributed by atoms with Gasteiger partial charge >= 0.3 is 0 Å². The fourth-order valence-electron chi connectivity index (χ4n) is 4.70. The molecule has 3 heterocycles. The number of piperazine rings is 1. The number of H-pyrrole nitrogens is 1. The molecule has 1 fully saturated rings. The second-order valence-corrected chi connectivity index (χ2v) is 9.26. The second kappa shape index (κ2) is 10.4. The van der Waals surface area contributed by atoms with Crippen molar-refractivity contribution >= 4 is 28.4 Å². The van der Waals surface area contributed by atoms with Gasteiger partial charge in [-0.1, -0.05) is 24.3 Å². The number of amides is 1. The summed E-state index contributed by atoms with van der Waals surface area (Å²) in [5.74, 6) is 1.74. The van der Waals surface area contributed by atoms with Crippen molar-refractivity contribution in [3.8, 4) is 17.3 Å². The first-order chi connectivity index (χ1) is 18.7. The quantitative estimate of drug-likeness (QED) is 0.306. The molecule has 1 aliphatic rings. The number of carbonyl (C=O) groups is 1. The predicted octanol–water partition coefficient (Wildman–Crippen LogP) is 4.15. The van der Waals surface area contributed by atoms with E-state index in [0.29, 0.717) is 23.8 Å². The number of hydrogen-bond acceptors (Lipinski definition) is 6. The number of anilines is 2. The highest BCUT2D eigenvalue weighted by Gasteiger charge is 2.17. The fraction of sp³-hybridized carbons (Fsp3) is 0.207. The van der Waals surface area contributed by atoms with E-state index < -0.39 is 0 Å². The molecule has 6 rings (SSSR count). The number of nitrogens with zero attached hydrogens (tertiary/aromatic N) is 4. The first kappa shape index (κ1) is 23.7. The minimum absolute atomic E-state index is 0.206. The van der Waals surface area contributed by atoms with E-state index in [0.717, 1.165) is 59.9 Å². The Bertz CT molecular complexity index is 1520. The van der Waals surface area contributed by atoms with Gasteiger partial charge in [-0.05, 0) is 54.1 Å². The number of imidazole rings is 1. The van der Waals surface area contributed by atoms with Crippen molar-refractivity contribution in [2.24, 2.45) is 0 Å². The van der Waals surface area contributed by atoms with Crippen LogP contribution < -0.4 is 20.3 Å². The molecule has 3 aromatic carbocycles. The summed E-state index contributed by atoms with van der Waals surface area (Å²) in [5, 5.41) is 11.1. The van der Waals surface area contributed by atoms with Crippen LogP contribution in [-0.4, -0.2) is 58.9 Å². The first-order valence-electron chi connectivity index (χ1n) is 12.7. The number of nitrogens with one attached hydrogen (secondary N) is 3. The number of fused-ring (bicyclic) bond motifs is 1. The topological polar surface area (TPSA) is 100 Å². The summed E-state index contributed by atoms with van der Waals surface area (Å²) in [4.78, 5) is 23.6. The third kappa shape index (κ3) is 4.96. The van der Waals surface area contributed by atoms with Gasteiger partial charge in [0.15, 0.2) is 11.6 Å². The Labute approximate surface area is 220 Å². The molecular formula is C29H29N7O2. The Morgan fingerprint density at radius 1 is 1.00 bits per heavy atom. The highest BCUT2D eigenvalue weighted by atomic mass is 16.5. The third-order valence-electron chi connectivity index (χ3n) is 6.76. The SMILES string of the molecule is COc1ccc(Cn2nc(NC(=O)c3ccc(N4CCNCC4)cc3)cc2-c2nc3ccccc3[nH]2)cc1. The largest absolute Gasteiger partial charge is 0.497 e. The van der Waals surface area contributed by atoms with Gasteiger partial charge in [0, 0.05) is 43.5 Å². The molecule has 0 radical (unpaired) electrons. The zero-order chi connectivity index (χ0) is 25.9. The van der Waals surface area contributed by atoms with Crippen molar-refractivity contribution in [1.29, 1.82) is 0 Å². The van der Waals surface area contributed by atoms with Crippen molar-refractivity contribution in [2.75, 3.05) is 43.5 Å². The van der Waals surface area contributed by atoms with Crippen LogP contribution >= 0.6 is 0 Å². The molecule has 192 valence electrons. The van der Waals surface area contributed by atoms with E-state index in [1.807, 2.05) is 83.5 Å². The molecule has 1 amide bonds. The van der Waals surface area contributed by atoms with Gasteiger partial charge in [-0.3, -0.25) is 9.48 Å². The minimum Gasteiger partial charge on any atom is -0.497 e. The fourth-order valence-corrected chi connectivity index (χ4v) is 4.70. The van der Waals surface area contributed by atoms with Crippen LogP contribution in [-0.2, 0) is 6.54 Å². The number of methoxy groups -OCH3 is 1. The van der Waals surface area contributed by atoms with E-state index in [1.54, 1.807) is 7.11 Å². The lowest BCUT2D eigenvalue weighted by Gasteiger charge is -2.29. The number of benzene rings is 3. The molecule has 0 unspecified atom stereocenters. The van der Waals surface area contributed by atoms with Gasteiger partial charge in [0.2, 0.25) is 0 Å². The number of aromatic amines is 1. The molecule has 0 atom stereocenters. The summed E-state index contributed by atoms with van der Waals surface area (Å²) in [6, 6.07) is 25.3. The van der Waals surface area contributed by atoms with Gasteiger partial charge < -0.3 is 25.3 Å². The zero-order valence-corrected chi connectivity index (χ0v) is 21.1. The van der Waals surface area contributed by atoms with Crippen LogP contribution in [0.25, 0.3) is 22.6 Å². The van der Waals surface area contributed by atoms with Crippen molar-refractivity contribution in [3.63, 3.8) is 0 Å². The Kier molecular flexibility index (Phi) is 6.49. The summed E-state index contributed by atoms with van der Waals surface area (Å²) >= 11 is 0. The zero-order valence-electron chi connectivity index (χ0n) is 21.1. The maximum atomic E-state index is 13.1. The lowest BCUT2D eigenvalue weighted by molar-refractivity contribution is 0.102. The number of rotatable bonds is 7. The van der Waals surface area contributed by atoms with E-state index in [2.05, 4.69) is 20.5 Å². The van der Waals surface area contributed by atoms with Crippen molar-refractivity contribution in [2.45, 2.75) is 6.54 Å². The predicted molar refractivity (Wildman–Crippen MR) is 149 cm³/mol. The maximum absolute atomic E-state index is 13.1. The number of hydrogen-bond donors (Lipinski definition) is 3. The highest BCUT2D eigenvalue weighted by Crippen LogP contribution is 2.25. The minimum atomic E-state index is -0.206. The van der Waals surface area contributed by atoms with E-state index in [4.69, 9.17) is 14.8 Å². The van der Waals surface area contributed by atoms with Gasteiger partial charge in [-0.15, -0.1) is 0 Å². The molecule has 0 saturated carbocycles. The molecular weight excluding hydrogens is 478 g/mol. The van der Waals surface area contributed by atoms with E-state index in [9.17, 15) is 4.79 Å². The number of carbonyl (C=O) groups excluding carboxylic acids is 1. The van der Waals surface area contributed by atoms with E-state index >= 15 is 0 Å². The monoisotopic (exact) mass is 507 g/mol. The van der Waals surface area contributed by atoms with Crippen LogP contribution in [0.2, 0.25) is 0 Å². The van der Waals surface area contributed by atoms with Gasteiger partial charge in [-0.25, -0.2) is 4.98 Å². The van der Waals surface area contributed by atoms with Crippen LogP contribution in [0, 0.1) is 0 Å². The molecule has 38 heavy (non-hydrogen) atoms. The van der Waals surface area contributed by atoms with Crippen molar-refractivity contribution < 1.29 is 9.53 Å². The lowest BCUT2D eigenvalue weighted by Crippen LogP contribution is -2.43. The molecule has 3 N–H and O–H groups in total. The Morgan fingerprint density at radius 3 is 2.50 bits per heavy atom. The van der Waals surface area contributed by atoms with Crippen LogP contribution in [0.1, 0.15) is 15.9 Å². The normalized spacial score (nSPS) is 13.6. The standard InChI is InChI=1S/C29H29N7O2/c1-38-23-12-6-20(7-13-23)19-36-26(28-31-24-4-2-3-5-25(24)32-28)18-27(34-36)33-29(37)21-8-10-22(11-9-21)35-16-14-30-15-17-35/h2-13,18,30H,14-17,19H2,1H3,(H,31,32)(H,33,34,37). The first-order valence-corrected chi connectivity index (χ1v) is 12.7. The molecule has 0 aliphatic carbocycles. The molecule has 9 heteroatoms. The molecule has 9 nitrogen and oxygen atoms in total. The van der Waals surface area contributed by atoms with Crippen LogP contribution in [0.3, 0.4) is 0 Å². The summed E-state index contributed by atoms with van der Waals surface area (Å²) in [6.45, 7) is 4.36. The average Bonchev–Trinajstić information content (AvgIpc) is 3.57. The van der Waals surface area contributed by atoms with E-state index in [-0.39, 0.29) is 5.91 Å². The van der Waals surface area contributed by atoms with Crippen LogP contribution in [0.5, 0.6) is 5.75 Å². The molecule has 1 aliphatic heterocycles. The number of aromatic nitrogens is 4. The molecule has 1 saturated heterocycles. The van der Waals surface area contributed by atoms with Gasteiger partial charge in [0.05, 0.1) is 24.7 Å². The van der Waals surface area contributed by atoms with Gasteiger partial charge in [0.25, 0.3) is 5.91 Å². The highest BCUT2D eigenvalue weighted by molar-refractivity contribution is 6.04. The number of ether oxygens (including phenoxy) is 1. The summed E-state index contributed by atoms with van der Waals surface area (Å²) in [5.41, 5.74) is 5.34. The van der Waals surface area contributed by atoms with E-state index in [1.165, 1.54) is 0 Å². The molecule has 0 spiro atoms. The molecule has 2 aromatic heterocycles. The van der Waals surface area contributed by atoms with Crippen molar-refractivity contribution in [1.82, 2.24) is 25.1 Å². The molecule has 5 aromatic rings. The lowest BCUT2D eigenvalue weighted by atomic mass is 10.1. The second-order valence-electron chi connectivity index (χ2n) is 9.26. The maximum Gasteiger partial charge on any atom is 0.256 e. The van der Waals surface area contributed by atoms with Gasteiger partial charge in [0.1, 0.15) is 11.4 Å². The summed E-state index contributed by atoms with van der Waals surface area (Å²) in [6.07, 6.45) is 0. The van der Waals surface area contributed by atoms with Gasteiger partial charge in [-0.2, -0.15) is 5.10 Å². The van der Waals surface area contributed by atoms with Crippen LogP contribution in [0.4, 0.5) is 11.5 Å². The van der Waals surface area contributed by atoms with Crippen molar-refractivity contribution in [3.05, 3.63) is 90.0 Å². The number of para-hydroxylation sites is 2. The Hall–Kier alpha value is -4.63. The summed E-state index contributed by atoms with van der Waals surface area (Å²) in [7, 11) is 1.65.